The number of carbonyl (C=O) groups excluding carboxylic acids is 2. The summed E-state index contributed by atoms with van der Waals surface area (Å²) in [6.45, 7) is 3.69. The molecule has 1 aliphatic heterocycles. The zero-order chi connectivity index (χ0) is 19.5. The monoisotopic (exact) mass is 375 g/mol. The van der Waals surface area contributed by atoms with Crippen molar-refractivity contribution < 1.29 is 32.2 Å². The maximum Gasteiger partial charge on any atom is 0.427 e. The van der Waals surface area contributed by atoms with Gasteiger partial charge in [0.15, 0.2) is 0 Å². The van der Waals surface area contributed by atoms with Crippen molar-refractivity contribution in [1.82, 2.24) is 5.32 Å². The molecule has 1 aromatic carbocycles. The van der Waals surface area contributed by atoms with Crippen LogP contribution in [0.25, 0.3) is 0 Å². The fourth-order valence-electron chi connectivity index (χ4n) is 2.10. The molecule has 0 radical (unpaired) electrons. The number of alkyl halides is 3. The van der Waals surface area contributed by atoms with Gasteiger partial charge in [0.1, 0.15) is 11.9 Å². The molecule has 0 saturated heterocycles. The summed E-state index contributed by atoms with van der Waals surface area (Å²) in [5.74, 6) is 0.334. The second kappa shape index (κ2) is 7.30. The van der Waals surface area contributed by atoms with Crippen molar-refractivity contribution >= 4 is 23.4 Å². The number of nitrogens with one attached hydrogen (secondary N) is 3. The first-order valence-corrected chi connectivity index (χ1v) is 7.83. The van der Waals surface area contributed by atoms with Crippen LogP contribution in [0.5, 0.6) is 5.75 Å². The highest BCUT2D eigenvalue weighted by molar-refractivity contribution is 5.86. The molecular formula is C16H20F3N3O4. The Hall–Kier alpha value is -2.65. The molecule has 2 rings (SSSR count). The maximum atomic E-state index is 12.7. The summed E-state index contributed by atoms with van der Waals surface area (Å²) >= 11 is 0. The van der Waals surface area contributed by atoms with Gasteiger partial charge in [0, 0.05) is 12.6 Å². The molecule has 7 nitrogen and oxygen atoms in total. The highest BCUT2D eigenvalue weighted by Crippen LogP contribution is 2.34. The van der Waals surface area contributed by atoms with Gasteiger partial charge >= 0.3 is 12.3 Å². The smallest absolute Gasteiger partial charge is 0.427 e. The average Bonchev–Trinajstić information content (AvgIpc) is 2.51. The summed E-state index contributed by atoms with van der Waals surface area (Å²) in [5.41, 5.74) is -1.79. The minimum Gasteiger partial charge on any atom is -0.485 e. The number of anilines is 2. The van der Waals surface area contributed by atoms with Crippen LogP contribution in [0.1, 0.15) is 20.8 Å². The first kappa shape index (κ1) is 19.7. The van der Waals surface area contributed by atoms with Crippen molar-refractivity contribution in [3.05, 3.63) is 18.2 Å². The molecule has 3 N–H and O–H groups in total. The van der Waals surface area contributed by atoms with Crippen molar-refractivity contribution in [2.45, 2.75) is 38.7 Å². The van der Waals surface area contributed by atoms with E-state index < -0.39 is 17.9 Å². The quantitative estimate of drug-likeness (QED) is 0.753. The Kier molecular flexibility index (Phi) is 5.53. The number of hydrogen-bond donors (Lipinski definition) is 3. The lowest BCUT2D eigenvalue weighted by atomic mass is 10.1. The summed E-state index contributed by atoms with van der Waals surface area (Å²) < 4.78 is 48.4. The van der Waals surface area contributed by atoms with Gasteiger partial charge in [0.25, 0.3) is 0 Å². The second-order valence-corrected chi connectivity index (χ2v) is 6.29. The lowest BCUT2D eigenvalue weighted by Gasteiger charge is -2.28. The summed E-state index contributed by atoms with van der Waals surface area (Å²) in [5, 5.41) is 7.98. The molecule has 2 amide bonds. The number of hydrogen-bond acceptors (Lipinski definition) is 5. The van der Waals surface area contributed by atoms with Crippen LogP contribution in [0.15, 0.2) is 18.2 Å². The molecule has 0 bridgehead atoms. The molecule has 1 aromatic rings. The minimum absolute atomic E-state index is 0.167. The van der Waals surface area contributed by atoms with Gasteiger partial charge in [-0.05, 0) is 32.0 Å². The predicted octanol–water partition coefficient (Wildman–Crippen LogP) is 2.89. The van der Waals surface area contributed by atoms with E-state index in [1.54, 1.807) is 6.07 Å². The zero-order valence-electron chi connectivity index (χ0n) is 14.5. The van der Waals surface area contributed by atoms with Gasteiger partial charge in [-0.1, -0.05) is 0 Å². The fraction of sp³-hybridized carbons (Fsp3) is 0.500. The molecule has 0 fully saturated rings. The van der Waals surface area contributed by atoms with E-state index in [4.69, 9.17) is 4.74 Å². The van der Waals surface area contributed by atoms with Crippen molar-refractivity contribution in [2.24, 2.45) is 0 Å². The highest BCUT2D eigenvalue weighted by atomic mass is 19.4. The van der Waals surface area contributed by atoms with Crippen LogP contribution in [0.2, 0.25) is 0 Å². The van der Waals surface area contributed by atoms with Crippen LogP contribution in [0, 0.1) is 0 Å². The van der Waals surface area contributed by atoms with E-state index in [1.165, 1.54) is 19.1 Å². The third-order valence-corrected chi connectivity index (χ3v) is 3.65. The Morgan fingerprint density at radius 1 is 1.35 bits per heavy atom. The van der Waals surface area contributed by atoms with Crippen LogP contribution < -0.4 is 20.7 Å². The first-order valence-electron chi connectivity index (χ1n) is 7.83. The van der Waals surface area contributed by atoms with Gasteiger partial charge in [0.2, 0.25) is 11.5 Å². The lowest BCUT2D eigenvalue weighted by Crippen LogP contribution is -2.44. The molecule has 1 heterocycles. The summed E-state index contributed by atoms with van der Waals surface area (Å²) in [6.07, 6.45) is -6.16. The molecule has 1 unspecified atom stereocenters. The number of rotatable bonds is 4. The Balaban J connectivity index is 1.97. The summed E-state index contributed by atoms with van der Waals surface area (Å²) in [7, 11) is 0. The summed E-state index contributed by atoms with van der Waals surface area (Å²) in [4.78, 5) is 22.6. The molecule has 1 aliphatic rings. The molecule has 144 valence electrons. The topological polar surface area (TPSA) is 88.7 Å². The molecule has 26 heavy (non-hydrogen) atoms. The Labute approximate surface area is 148 Å². The van der Waals surface area contributed by atoms with E-state index in [-0.39, 0.29) is 17.7 Å². The van der Waals surface area contributed by atoms with Crippen LogP contribution in [0.3, 0.4) is 0 Å². The fourth-order valence-corrected chi connectivity index (χ4v) is 2.10. The third kappa shape index (κ3) is 4.93. The molecule has 10 heteroatoms. The molecular weight excluding hydrogens is 355 g/mol. The molecule has 0 aliphatic carbocycles. The van der Waals surface area contributed by atoms with Crippen molar-refractivity contribution in [3.63, 3.8) is 0 Å². The van der Waals surface area contributed by atoms with Crippen molar-refractivity contribution in [1.29, 1.82) is 0 Å². The number of amides is 2. The van der Waals surface area contributed by atoms with Crippen LogP contribution >= 0.6 is 0 Å². The normalized spacial score (nSPS) is 16.6. The Bertz CT molecular complexity index is 692. The van der Waals surface area contributed by atoms with E-state index in [0.29, 0.717) is 24.5 Å². The molecule has 0 saturated carbocycles. The predicted molar refractivity (Wildman–Crippen MR) is 88.3 cm³/mol. The van der Waals surface area contributed by atoms with E-state index in [0.717, 1.165) is 13.8 Å². The van der Waals surface area contributed by atoms with Crippen LogP contribution in [-0.2, 0) is 9.53 Å². The third-order valence-electron chi connectivity index (χ3n) is 3.65. The SMILES string of the molecule is CC(=O)NCC1CNc2cc(NC(=O)OC(C)(C)C(F)(F)F)ccc2O1. The number of ether oxygens (including phenoxy) is 2. The minimum atomic E-state index is -4.68. The van der Waals surface area contributed by atoms with Gasteiger partial charge in [0.05, 0.1) is 18.8 Å². The van der Waals surface area contributed by atoms with E-state index >= 15 is 0 Å². The maximum absolute atomic E-state index is 12.7. The number of halogens is 3. The summed E-state index contributed by atoms with van der Waals surface area (Å²) in [6, 6.07) is 4.56. The van der Waals surface area contributed by atoms with E-state index in [2.05, 4.69) is 20.7 Å². The lowest BCUT2D eigenvalue weighted by molar-refractivity contribution is -0.242. The standard InChI is InChI=1S/C16H20F3N3O4/c1-9(23)20-7-11-8-21-12-6-10(4-5-13(12)25-11)22-14(24)26-15(2,3)16(17,18)19/h4-6,11,21H,7-8H2,1-3H3,(H,20,23)(H,22,24). The van der Waals surface area contributed by atoms with E-state index in [9.17, 15) is 22.8 Å². The van der Waals surface area contributed by atoms with Crippen LogP contribution in [0.4, 0.5) is 29.3 Å². The second-order valence-electron chi connectivity index (χ2n) is 6.29. The number of fused-ring (bicyclic) bond motifs is 1. The first-order chi connectivity index (χ1) is 12.0. The van der Waals surface area contributed by atoms with Gasteiger partial charge in [-0.3, -0.25) is 10.1 Å². The van der Waals surface area contributed by atoms with Gasteiger partial charge < -0.3 is 20.1 Å². The van der Waals surface area contributed by atoms with Gasteiger partial charge in [-0.25, -0.2) is 4.79 Å². The highest BCUT2D eigenvalue weighted by Gasteiger charge is 2.50. The number of carbonyl (C=O) groups is 2. The van der Waals surface area contributed by atoms with Gasteiger partial charge in [-0.15, -0.1) is 0 Å². The largest absolute Gasteiger partial charge is 0.485 e. The zero-order valence-corrected chi connectivity index (χ0v) is 14.5. The van der Waals surface area contributed by atoms with Crippen LogP contribution in [-0.4, -0.2) is 43.0 Å². The average molecular weight is 375 g/mol. The van der Waals surface area contributed by atoms with Gasteiger partial charge in [-0.2, -0.15) is 13.2 Å². The Morgan fingerprint density at radius 2 is 2.04 bits per heavy atom. The molecule has 0 aromatic heterocycles. The molecule has 1 atom stereocenters. The van der Waals surface area contributed by atoms with Crippen molar-refractivity contribution in [2.75, 3.05) is 23.7 Å². The van der Waals surface area contributed by atoms with Crippen molar-refractivity contribution in [3.8, 4) is 5.75 Å². The Morgan fingerprint density at radius 3 is 2.65 bits per heavy atom. The number of benzene rings is 1. The van der Waals surface area contributed by atoms with E-state index in [1.807, 2.05) is 0 Å². The molecule has 0 spiro atoms.